The zero-order chi connectivity index (χ0) is 15.4. The molecule has 0 unspecified atom stereocenters. The molecule has 2 atom stereocenters. The van der Waals surface area contributed by atoms with Crippen molar-refractivity contribution in [3.63, 3.8) is 0 Å². The fourth-order valence-corrected chi connectivity index (χ4v) is 2.87. The third kappa shape index (κ3) is 4.17. The highest BCUT2D eigenvalue weighted by molar-refractivity contribution is 5.93. The number of alkyl halides is 1. The van der Waals surface area contributed by atoms with Crippen LogP contribution in [0.25, 0.3) is 0 Å². The van der Waals surface area contributed by atoms with Gasteiger partial charge in [-0.05, 0) is 19.3 Å². The Morgan fingerprint density at radius 3 is 2.95 bits per heavy atom. The van der Waals surface area contributed by atoms with Crippen molar-refractivity contribution >= 4 is 11.8 Å². The summed E-state index contributed by atoms with van der Waals surface area (Å²) >= 11 is 0. The van der Waals surface area contributed by atoms with Crippen LogP contribution < -0.4 is 5.73 Å². The molecule has 0 aromatic heterocycles. The number of likely N-dealkylation sites (N-methyl/N-ethyl adjacent to an activating group) is 1. The Kier molecular flexibility index (Phi) is 5.17. The largest absolute Gasteiger partial charge is 0.501 e. The Labute approximate surface area is 123 Å². The predicted molar refractivity (Wildman–Crippen MR) is 75.0 cm³/mol. The van der Waals surface area contributed by atoms with Gasteiger partial charge in [-0.25, -0.2) is 4.39 Å². The fraction of sp³-hybridized carbons (Fsp3) is 0.714. The summed E-state index contributed by atoms with van der Waals surface area (Å²) < 4.78 is 18.7. The first-order valence-corrected chi connectivity index (χ1v) is 7.20. The monoisotopic (exact) mass is 299 g/mol. The van der Waals surface area contributed by atoms with E-state index in [2.05, 4.69) is 0 Å². The van der Waals surface area contributed by atoms with Gasteiger partial charge in [-0.2, -0.15) is 0 Å². The second-order valence-corrected chi connectivity index (χ2v) is 5.69. The maximum Gasteiger partial charge on any atom is 0.252 e. The Balaban J connectivity index is 1.93. The lowest BCUT2D eigenvalue weighted by Crippen LogP contribution is -2.44. The van der Waals surface area contributed by atoms with E-state index in [4.69, 9.17) is 10.5 Å². The SMILES string of the molecule is CN(C[C@@H]1C[C@H](F)CN1CC(N)=O)C(=O)C1=COCCC1. The molecule has 1 saturated heterocycles. The van der Waals surface area contributed by atoms with E-state index in [0.717, 1.165) is 6.42 Å². The average Bonchev–Trinajstić information content (AvgIpc) is 2.77. The first-order valence-electron chi connectivity index (χ1n) is 7.20. The molecule has 0 spiro atoms. The Morgan fingerprint density at radius 2 is 2.33 bits per heavy atom. The Morgan fingerprint density at radius 1 is 1.57 bits per heavy atom. The van der Waals surface area contributed by atoms with Crippen LogP contribution in [0.2, 0.25) is 0 Å². The van der Waals surface area contributed by atoms with E-state index >= 15 is 0 Å². The molecule has 2 heterocycles. The van der Waals surface area contributed by atoms with Crippen LogP contribution in [0.4, 0.5) is 4.39 Å². The molecule has 0 radical (unpaired) electrons. The zero-order valence-corrected chi connectivity index (χ0v) is 12.3. The molecule has 0 aliphatic carbocycles. The van der Waals surface area contributed by atoms with Gasteiger partial charge < -0.3 is 15.4 Å². The van der Waals surface area contributed by atoms with E-state index in [1.165, 1.54) is 6.26 Å². The smallest absolute Gasteiger partial charge is 0.252 e. The molecule has 21 heavy (non-hydrogen) atoms. The fourth-order valence-electron chi connectivity index (χ4n) is 2.87. The van der Waals surface area contributed by atoms with Crippen molar-refractivity contribution < 1.29 is 18.7 Å². The number of ether oxygens (including phenoxy) is 1. The number of carbonyl (C=O) groups is 2. The highest BCUT2D eigenvalue weighted by Crippen LogP contribution is 2.22. The summed E-state index contributed by atoms with van der Waals surface area (Å²) in [6.07, 6.45) is 2.38. The lowest BCUT2D eigenvalue weighted by Gasteiger charge is -2.28. The summed E-state index contributed by atoms with van der Waals surface area (Å²) in [5.41, 5.74) is 5.82. The number of nitrogens with two attached hydrogens (primary N) is 1. The van der Waals surface area contributed by atoms with Gasteiger partial charge in [0.15, 0.2) is 0 Å². The van der Waals surface area contributed by atoms with E-state index in [1.807, 2.05) is 0 Å². The Bertz CT molecular complexity index is 441. The van der Waals surface area contributed by atoms with Crippen molar-refractivity contribution in [1.29, 1.82) is 0 Å². The van der Waals surface area contributed by atoms with Crippen LogP contribution in [-0.4, -0.2) is 67.1 Å². The molecule has 2 aliphatic heterocycles. The first-order chi connectivity index (χ1) is 9.97. The number of carbonyl (C=O) groups excluding carboxylic acids is 2. The van der Waals surface area contributed by atoms with Crippen molar-refractivity contribution in [3.05, 3.63) is 11.8 Å². The van der Waals surface area contributed by atoms with Crippen LogP contribution in [0.15, 0.2) is 11.8 Å². The molecule has 2 N–H and O–H groups in total. The summed E-state index contributed by atoms with van der Waals surface area (Å²) in [4.78, 5) is 26.6. The topological polar surface area (TPSA) is 75.9 Å². The van der Waals surface area contributed by atoms with E-state index in [1.54, 1.807) is 16.8 Å². The van der Waals surface area contributed by atoms with Crippen molar-refractivity contribution in [2.45, 2.75) is 31.5 Å². The maximum absolute atomic E-state index is 13.6. The number of likely N-dealkylation sites (tertiary alicyclic amines) is 1. The second kappa shape index (κ2) is 6.89. The van der Waals surface area contributed by atoms with Crippen molar-refractivity contribution in [2.24, 2.45) is 5.73 Å². The normalized spacial score (nSPS) is 26.1. The third-order valence-electron chi connectivity index (χ3n) is 3.88. The van der Waals surface area contributed by atoms with Crippen LogP contribution in [-0.2, 0) is 14.3 Å². The highest BCUT2D eigenvalue weighted by Gasteiger charge is 2.34. The van der Waals surface area contributed by atoms with Crippen molar-refractivity contribution in [3.8, 4) is 0 Å². The molecule has 7 heteroatoms. The molecule has 0 saturated carbocycles. The summed E-state index contributed by atoms with van der Waals surface area (Å²) in [6.45, 7) is 1.24. The van der Waals surface area contributed by atoms with Gasteiger partial charge in [0.2, 0.25) is 5.91 Å². The number of amides is 2. The van der Waals surface area contributed by atoms with Gasteiger partial charge in [0.05, 0.1) is 25.0 Å². The minimum Gasteiger partial charge on any atom is -0.501 e. The zero-order valence-electron chi connectivity index (χ0n) is 12.3. The van der Waals surface area contributed by atoms with E-state index < -0.39 is 12.1 Å². The van der Waals surface area contributed by atoms with Crippen LogP contribution in [0, 0.1) is 0 Å². The molecular weight excluding hydrogens is 277 g/mol. The van der Waals surface area contributed by atoms with Gasteiger partial charge in [-0.1, -0.05) is 0 Å². The lowest BCUT2D eigenvalue weighted by molar-refractivity contribution is -0.127. The molecule has 0 aromatic rings. The number of hydrogen-bond acceptors (Lipinski definition) is 4. The maximum atomic E-state index is 13.6. The molecule has 2 aliphatic rings. The van der Waals surface area contributed by atoms with E-state index in [-0.39, 0.29) is 25.0 Å². The molecule has 0 bridgehead atoms. The second-order valence-electron chi connectivity index (χ2n) is 5.69. The molecule has 6 nitrogen and oxygen atoms in total. The lowest BCUT2D eigenvalue weighted by atomic mass is 10.1. The van der Waals surface area contributed by atoms with Crippen LogP contribution in [0.3, 0.4) is 0 Å². The van der Waals surface area contributed by atoms with E-state index in [9.17, 15) is 14.0 Å². The van der Waals surface area contributed by atoms with Gasteiger partial charge in [0.1, 0.15) is 6.17 Å². The highest BCUT2D eigenvalue weighted by atomic mass is 19.1. The van der Waals surface area contributed by atoms with Gasteiger partial charge in [0, 0.05) is 26.2 Å². The minimum absolute atomic E-state index is 0.0267. The third-order valence-corrected chi connectivity index (χ3v) is 3.88. The first kappa shape index (κ1) is 15.8. The molecule has 118 valence electrons. The van der Waals surface area contributed by atoms with Crippen LogP contribution in [0.1, 0.15) is 19.3 Å². The molecular formula is C14H22FN3O3. The van der Waals surface area contributed by atoms with Crippen molar-refractivity contribution in [2.75, 3.05) is 33.3 Å². The predicted octanol–water partition coefficient (Wildman–Crippen LogP) is 0.0368. The number of nitrogens with zero attached hydrogens (tertiary/aromatic N) is 2. The summed E-state index contributed by atoms with van der Waals surface area (Å²) in [5, 5.41) is 0. The van der Waals surface area contributed by atoms with Crippen molar-refractivity contribution in [1.82, 2.24) is 9.80 Å². The molecule has 0 aromatic carbocycles. The van der Waals surface area contributed by atoms with Gasteiger partial charge in [-0.15, -0.1) is 0 Å². The average molecular weight is 299 g/mol. The quantitative estimate of drug-likeness (QED) is 0.777. The Hall–Kier alpha value is -1.63. The molecule has 2 amide bonds. The number of primary amides is 1. The van der Waals surface area contributed by atoms with E-state index in [0.29, 0.717) is 31.6 Å². The minimum atomic E-state index is -0.977. The number of halogens is 1. The molecule has 1 fully saturated rings. The summed E-state index contributed by atoms with van der Waals surface area (Å²) in [5.74, 6) is -0.581. The van der Waals surface area contributed by atoms with Crippen LogP contribution in [0.5, 0.6) is 0 Å². The molecule has 2 rings (SSSR count). The van der Waals surface area contributed by atoms with Crippen LogP contribution >= 0.6 is 0 Å². The summed E-state index contributed by atoms with van der Waals surface area (Å²) in [7, 11) is 1.69. The van der Waals surface area contributed by atoms with Gasteiger partial charge in [-0.3, -0.25) is 14.5 Å². The standard InChI is InChI=1S/C14H22FN3O3/c1-17(14(20)10-3-2-4-21-9-10)7-12-5-11(15)6-18(12)8-13(16)19/h9,11-12H,2-8H2,1H3,(H2,16,19)/t11-,12-/m0/s1. The number of hydrogen-bond donors (Lipinski definition) is 1. The number of rotatable bonds is 5. The summed E-state index contributed by atoms with van der Waals surface area (Å²) in [6, 6.07) is -0.174. The van der Waals surface area contributed by atoms with Gasteiger partial charge in [0.25, 0.3) is 5.91 Å². The van der Waals surface area contributed by atoms with Gasteiger partial charge >= 0.3 is 0 Å².